The van der Waals surface area contributed by atoms with Gasteiger partial charge < -0.3 is 5.11 Å². The Labute approximate surface area is 120 Å². The predicted molar refractivity (Wildman–Crippen MR) is 79.1 cm³/mol. The summed E-state index contributed by atoms with van der Waals surface area (Å²) in [7, 11) is 0. The molecule has 1 nitrogen and oxygen atoms in total. The molecule has 0 saturated heterocycles. The van der Waals surface area contributed by atoms with Gasteiger partial charge in [-0.15, -0.1) is 11.3 Å². The first kappa shape index (κ1) is 12.4. The number of aliphatic hydroxyl groups is 1. The molecule has 0 radical (unpaired) electrons. The number of rotatable bonds is 4. The van der Waals surface area contributed by atoms with Gasteiger partial charge in [0, 0.05) is 21.2 Å². The molecule has 0 bridgehead atoms. The molecule has 1 atom stereocenters. The van der Waals surface area contributed by atoms with E-state index in [4.69, 9.17) is 0 Å². The Balaban J connectivity index is 1.81. The Morgan fingerprint density at radius 2 is 1.94 bits per heavy atom. The van der Waals surface area contributed by atoms with Gasteiger partial charge in [0.15, 0.2) is 0 Å². The van der Waals surface area contributed by atoms with Crippen LogP contribution in [-0.2, 0) is 11.8 Å². The maximum Gasteiger partial charge on any atom is 0.0685 e. The number of benzene rings is 1. The van der Waals surface area contributed by atoms with Crippen LogP contribution in [0.3, 0.4) is 0 Å². The van der Waals surface area contributed by atoms with Gasteiger partial charge in [-0.1, -0.05) is 30.3 Å². The Morgan fingerprint density at radius 3 is 2.50 bits per heavy atom. The molecule has 2 aromatic rings. The van der Waals surface area contributed by atoms with Crippen molar-refractivity contribution in [3.8, 4) is 0 Å². The lowest BCUT2D eigenvalue weighted by Gasteiger charge is -2.22. The van der Waals surface area contributed by atoms with E-state index in [1.165, 1.54) is 10.4 Å². The van der Waals surface area contributed by atoms with E-state index in [1.54, 1.807) is 11.3 Å². The fraction of sp³-hybridized carbons (Fsp3) is 0.333. The van der Waals surface area contributed by atoms with Crippen molar-refractivity contribution in [1.82, 2.24) is 0 Å². The molecule has 18 heavy (non-hydrogen) atoms. The van der Waals surface area contributed by atoms with Gasteiger partial charge in [-0.25, -0.2) is 0 Å². The van der Waals surface area contributed by atoms with E-state index in [-0.39, 0.29) is 11.5 Å². The highest BCUT2D eigenvalue weighted by atomic mass is 79.9. The molecule has 1 heterocycles. The Kier molecular flexibility index (Phi) is 3.31. The molecule has 0 aliphatic heterocycles. The minimum absolute atomic E-state index is 0.00465. The maximum absolute atomic E-state index is 10.6. The van der Waals surface area contributed by atoms with Crippen molar-refractivity contribution in [2.24, 2.45) is 0 Å². The zero-order valence-corrected chi connectivity index (χ0v) is 12.4. The molecule has 3 rings (SSSR count). The van der Waals surface area contributed by atoms with Gasteiger partial charge in [0.05, 0.1) is 6.10 Å². The molecule has 3 heteroatoms. The van der Waals surface area contributed by atoms with Gasteiger partial charge in [0.25, 0.3) is 0 Å². The van der Waals surface area contributed by atoms with Gasteiger partial charge in [-0.3, -0.25) is 0 Å². The minimum atomic E-state index is -0.283. The first-order chi connectivity index (χ1) is 8.72. The van der Waals surface area contributed by atoms with Crippen molar-refractivity contribution in [2.45, 2.75) is 30.8 Å². The van der Waals surface area contributed by atoms with Crippen LogP contribution in [0.2, 0.25) is 0 Å². The monoisotopic (exact) mass is 322 g/mol. The van der Waals surface area contributed by atoms with Crippen LogP contribution in [0.4, 0.5) is 0 Å². The van der Waals surface area contributed by atoms with Crippen LogP contribution in [0.5, 0.6) is 0 Å². The van der Waals surface area contributed by atoms with Crippen molar-refractivity contribution in [3.63, 3.8) is 0 Å². The van der Waals surface area contributed by atoms with Crippen molar-refractivity contribution in [1.29, 1.82) is 0 Å². The zero-order chi connectivity index (χ0) is 12.6. The van der Waals surface area contributed by atoms with Crippen molar-refractivity contribution in [3.05, 3.63) is 56.7 Å². The molecule has 0 spiro atoms. The van der Waals surface area contributed by atoms with Crippen molar-refractivity contribution < 1.29 is 5.11 Å². The Morgan fingerprint density at radius 1 is 1.22 bits per heavy atom. The van der Waals surface area contributed by atoms with E-state index in [1.807, 2.05) is 6.07 Å². The average molecular weight is 323 g/mol. The van der Waals surface area contributed by atoms with Crippen LogP contribution in [0.15, 0.2) is 46.3 Å². The van der Waals surface area contributed by atoms with E-state index in [0.29, 0.717) is 0 Å². The van der Waals surface area contributed by atoms with Crippen LogP contribution in [0, 0.1) is 0 Å². The Bertz CT molecular complexity index is 530. The van der Waals surface area contributed by atoms with Crippen LogP contribution < -0.4 is 0 Å². The fourth-order valence-electron chi connectivity index (χ4n) is 2.56. The van der Waals surface area contributed by atoms with Gasteiger partial charge >= 0.3 is 0 Å². The summed E-state index contributed by atoms with van der Waals surface area (Å²) in [6.07, 6.45) is 2.66. The summed E-state index contributed by atoms with van der Waals surface area (Å²) in [5, 5.41) is 12.6. The molecule has 1 aromatic heterocycles. The second-order valence-corrected chi connectivity index (χ2v) is 6.79. The molecule has 1 unspecified atom stereocenters. The van der Waals surface area contributed by atoms with Crippen LogP contribution in [-0.4, -0.2) is 11.2 Å². The largest absolute Gasteiger partial charge is 0.392 e. The summed E-state index contributed by atoms with van der Waals surface area (Å²) in [5.41, 5.74) is 1.29. The molecule has 1 aliphatic carbocycles. The molecule has 94 valence electrons. The third kappa shape index (κ3) is 2.15. The van der Waals surface area contributed by atoms with Gasteiger partial charge in [-0.05, 0) is 45.8 Å². The lowest BCUT2D eigenvalue weighted by atomic mass is 9.88. The summed E-state index contributed by atoms with van der Waals surface area (Å²) >= 11 is 5.25. The van der Waals surface area contributed by atoms with E-state index in [2.05, 4.69) is 51.6 Å². The first-order valence-electron chi connectivity index (χ1n) is 6.18. The molecule has 1 fully saturated rings. The summed E-state index contributed by atoms with van der Waals surface area (Å²) in [4.78, 5) is 1.24. The second kappa shape index (κ2) is 4.80. The second-order valence-electron chi connectivity index (χ2n) is 4.93. The molecular formula is C15H15BrOS. The van der Waals surface area contributed by atoms with Gasteiger partial charge in [0.2, 0.25) is 0 Å². The van der Waals surface area contributed by atoms with Crippen LogP contribution in [0.25, 0.3) is 0 Å². The lowest BCUT2D eigenvalue weighted by Crippen LogP contribution is -2.27. The number of hydrogen-bond donors (Lipinski definition) is 1. The summed E-state index contributed by atoms with van der Waals surface area (Å²) in [5.74, 6) is 0. The Hall–Kier alpha value is -0.640. The summed E-state index contributed by atoms with van der Waals surface area (Å²) in [6.45, 7) is 0. The molecule has 0 amide bonds. The zero-order valence-electron chi connectivity index (χ0n) is 9.97. The topological polar surface area (TPSA) is 20.2 Å². The maximum atomic E-state index is 10.6. The number of thiophene rings is 1. The quantitative estimate of drug-likeness (QED) is 0.896. The van der Waals surface area contributed by atoms with E-state index >= 15 is 0 Å². The van der Waals surface area contributed by atoms with Gasteiger partial charge in [0.1, 0.15) is 0 Å². The normalized spacial score (nSPS) is 18.6. The van der Waals surface area contributed by atoms with E-state index in [9.17, 15) is 5.11 Å². The first-order valence-corrected chi connectivity index (χ1v) is 7.85. The third-order valence-electron chi connectivity index (χ3n) is 3.85. The lowest BCUT2D eigenvalue weighted by molar-refractivity contribution is 0.132. The number of aliphatic hydroxyl groups excluding tert-OH is 1. The molecular weight excluding hydrogens is 308 g/mol. The molecule has 1 aromatic carbocycles. The predicted octanol–water partition coefficient (Wildman–Crippen LogP) is 4.15. The fourth-order valence-corrected chi connectivity index (χ4v) is 4.11. The van der Waals surface area contributed by atoms with Crippen molar-refractivity contribution in [2.75, 3.05) is 0 Å². The van der Waals surface area contributed by atoms with E-state index in [0.717, 1.165) is 23.7 Å². The van der Waals surface area contributed by atoms with Crippen LogP contribution in [0.1, 0.15) is 23.3 Å². The molecule has 1 saturated carbocycles. The number of halogens is 1. The van der Waals surface area contributed by atoms with Crippen LogP contribution >= 0.6 is 27.3 Å². The smallest absolute Gasteiger partial charge is 0.0685 e. The number of hydrogen-bond acceptors (Lipinski definition) is 2. The van der Waals surface area contributed by atoms with Crippen molar-refractivity contribution >= 4 is 27.3 Å². The summed E-state index contributed by atoms with van der Waals surface area (Å²) < 4.78 is 1.12. The van der Waals surface area contributed by atoms with Gasteiger partial charge in [-0.2, -0.15) is 0 Å². The highest BCUT2D eigenvalue weighted by Gasteiger charge is 2.50. The molecule has 1 N–H and O–H groups in total. The minimum Gasteiger partial charge on any atom is -0.392 e. The highest BCUT2D eigenvalue weighted by molar-refractivity contribution is 9.10. The third-order valence-corrected chi connectivity index (χ3v) is 5.79. The SMILES string of the molecule is OC(Cc1sccc1Br)C1(c2ccccc2)CC1. The molecule has 1 aliphatic rings. The summed E-state index contributed by atoms with van der Waals surface area (Å²) in [6, 6.07) is 12.5. The van der Waals surface area contributed by atoms with E-state index < -0.39 is 0 Å². The standard InChI is InChI=1S/C15H15BrOS/c16-12-6-9-18-13(12)10-14(17)15(7-8-15)11-4-2-1-3-5-11/h1-6,9,14,17H,7-8,10H2. The highest BCUT2D eigenvalue weighted by Crippen LogP contribution is 2.52. The average Bonchev–Trinajstić information content (AvgIpc) is 3.12.